The highest BCUT2D eigenvalue weighted by molar-refractivity contribution is 6.30. The quantitative estimate of drug-likeness (QED) is 0.628. The van der Waals surface area contributed by atoms with Gasteiger partial charge in [-0.25, -0.2) is 9.97 Å². The molecule has 1 fully saturated rings. The van der Waals surface area contributed by atoms with Crippen molar-refractivity contribution in [1.82, 2.24) is 20.2 Å². The lowest BCUT2D eigenvalue weighted by atomic mass is 9.92. The fourth-order valence-corrected chi connectivity index (χ4v) is 5.18. The van der Waals surface area contributed by atoms with Crippen molar-refractivity contribution in [3.8, 4) is 0 Å². The predicted molar refractivity (Wildman–Crippen MR) is 131 cm³/mol. The highest BCUT2D eigenvalue weighted by Crippen LogP contribution is 2.37. The van der Waals surface area contributed by atoms with Crippen molar-refractivity contribution in [3.63, 3.8) is 0 Å². The van der Waals surface area contributed by atoms with Crippen molar-refractivity contribution < 1.29 is 5.11 Å². The van der Waals surface area contributed by atoms with E-state index in [-0.39, 0.29) is 5.92 Å². The van der Waals surface area contributed by atoms with Gasteiger partial charge in [0.15, 0.2) is 0 Å². The van der Waals surface area contributed by atoms with Gasteiger partial charge < -0.3 is 15.3 Å². The maximum Gasteiger partial charge on any atom is 0.135 e. The molecular formula is C25H36ClN5O. The third-order valence-corrected chi connectivity index (χ3v) is 7.16. The number of nitrogens with one attached hydrogen (secondary N) is 1. The van der Waals surface area contributed by atoms with Crippen molar-refractivity contribution >= 4 is 17.4 Å². The van der Waals surface area contributed by atoms with Crippen molar-refractivity contribution in [2.24, 2.45) is 0 Å². The Balaban J connectivity index is 1.44. The minimum atomic E-state index is -0.526. The Bertz CT molecular complexity index is 882. The van der Waals surface area contributed by atoms with Crippen LogP contribution in [0.4, 0.5) is 5.82 Å². The second kappa shape index (κ2) is 10.5. The van der Waals surface area contributed by atoms with Crippen LogP contribution in [0.15, 0.2) is 30.6 Å². The maximum absolute atomic E-state index is 11.4. The van der Waals surface area contributed by atoms with Gasteiger partial charge in [0.25, 0.3) is 0 Å². The SMILES string of the molecule is CC(C)NCC[C@H](c1ccc(Cl)cc1)C(O)N1CCN(c2ncnc3c2[C@H](C)CC3)CC1. The fraction of sp³-hybridized carbons (Fsp3) is 0.600. The predicted octanol–water partition coefficient (Wildman–Crippen LogP) is 3.79. The van der Waals surface area contributed by atoms with Gasteiger partial charge in [0.2, 0.25) is 0 Å². The number of rotatable bonds is 8. The van der Waals surface area contributed by atoms with Crippen LogP contribution >= 0.6 is 11.6 Å². The Labute approximate surface area is 197 Å². The van der Waals surface area contributed by atoms with Crippen LogP contribution < -0.4 is 10.2 Å². The monoisotopic (exact) mass is 457 g/mol. The molecule has 0 spiro atoms. The molecule has 1 saturated heterocycles. The Kier molecular flexibility index (Phi) is 7.66. The number of benzene rings is 1. The fourth-order valence-electron chi connectivity index (χ4n) is 5.05. The number of aliphatic hydroxyl groups excluding tert-OH is 1. The molecule has 2 heterocycles. The lowest BCUT2D eigenvalue weighted by Crippen LogP contribution is -2.52. The molecule has 2 aromatic rings. The molecule has 2 aliphatic rings. The smallest absolute Gasteiger partial charge is 0.135 e. The van der Waals surface area contributed by atoms with Crippen LogP contribution in [0, 0.1) is 0 Å². The summed E-state index contributed by atoms with van der Waals surface area (Å²) in [4.78, 5) is 13.8. The summed E-state index contributed by atoms with van der Waals surface area (Å²) in [5.41, 5.74) is 3.68. The zero-order chi connectivity index (χ0) is 22.7. The number of nitrogens with zero attached hydrogens (tertiary/aromatic N) is 4. The van der Waals surface area contributed by atoms with E-state index in [4.69, 9.17) is 11.6 Å². The molecule has 0 radical (unpaired) electrons. The van der Waals surface area contributed by atoms with Gasteiger partial charge in [-0.15, -0.1) is 0 Å². The molecule has 1 aromatic heterocycles. The Morgan fingerprint density at radius 2 is 1.84 bits per heavy atom. The molecule has 1 aliphatic heterocycles. The lowest BCUT2D eigenvalue weighted by molar-refractivity contribution is -0.0219. The van der Waals surface area contributed by atoms with Gasteiger partial charge in [-0.3, -0.25) is 4.90 Å². The zero-order valence-corrected chi connectivity index (χ0v) is 20.2. The minimum Gasteiger partial charge on any atom is -0.378 e. The van der Waals surface area contributed by atoms with Crippen LogP contribution in [0.1, 0.15) is 62.3 Å². The van der Waals surface area contributed by atoms with E-state index in [2.05, 4.69) is 45.9 Å². The summed E-state index contributed by atoms with van der Waals surface area (Å²) in [6.45, 7) is 10.8. The van der Waals surface area contributed by atoms with Crippen LogP contribution in [-0.2, 0) is 6.42 Å². The number of hydrogen-bond donors (Lipinski definition) is 2. The molecule has 1 aliphatic carbocycles. The molecule has 32 heavy (non-hydrogen) atoms. The largest absolute Gasteiger partial charge is 0.378 e. The molecule has 0 bridgehead atoms. The number of anilines is 1. The molecular weight excluding hydrogens is 422 g/mol. The number of piperazine rings is 1. The Morgan fingerprint density at radius 1 is 1.12 bits per heavy atom. The third-order valence-electron chi connectivity index (χ3n) is 6.91. The molecule has 1 unspecified atom stereocenters. The normalized spacial score (nSPS) is 21.1. The average Bonchev–Trinajstić information content (AvgIpc) is 3.18. The summed E-state index contributed by atoms with van der Waals surface area (Å²) < 4.78 is 0. The molecule has 7 heteroatoms. The Morgan fingerprint density at radius 3 is 2.53 bits per heavy atom. The van der Waals surface area contributed by atoms with E-state index >= 15 is 0 Å². The minimum absolute atomic E-state index is 0.0355. The topological polar surface area (TPSA) is 64.5 Å². The zero-order valence-electron chi connectivity index (χ0n) is 19.5. The van der Waals surface area contributed by atoms with E-state index in [1.807, 2.05) is 24.3 Å². The molecule has 4 rings (SSSR count). The number of aliphatic hydroxyl groups is 1. The summed E-state index contributed by atoms with van der Waals surface area (Å²) >= 11 is 6.11. The highest BCUT2D eigenvalue weighted by atomic mass is 35.5. The molecule has 1 aromatic carbocycles. The summed E-state index contributed by atoms with van der Waals surface area (Å²) in [6.07, 6.45) is 4.27. The summed E-state index contributed by atoms with van der Waals surface area (Å²) in [5, 5.41) is 15.6. The number of halogens is 1. The molecule has 3 atom stereocenters. The number of aryl methyl sites for hydroxylation is 1. The molecule has 0 saturated carbocycles. The van der Waals surface area contributed by atoms with Gasteiger partial charge in [-0.1, -0.05) is 44.5 Å². The van der Waals surface area contributed by atoms with E-state index in [9.17, 15) is 5.11 Å². The van der Waals surface area contributed by atoms with Crippen molar-refractivity contribution in [1.29, 1.82) is 0 Å². The van der Waals surface area contributed by atoms with E-state index < -0.39 is 6.23 Å². The van der Waals surface area contributed by atoms with Crippen molar-refractivity contribution in [2.45, 2.75) is 64.1 Å². The van der Waals surface area contributed by atoms with E-state index in [1.54, 1.807) is 6.33 Å². The first-order chi connectivity index (χ1) is 15.4. The van der Waals surface area contributed by atoms with Gasteiger partial charge in [0, 0.05) is 54.4 Å². The van der Waals surface area contributed by atoms with Crippen molar-refractivity contribution in [3.05, 3.63) is 52.4 Å². The second-order valence-electron chi connectivity index (χ2n) is 9.49. The van der Waals surface area contributed by atoms with E-state index in [0.29, 0.717) is 12.0 Å². The lowest BCUT2D eigenvalue weighted by Gasteiger charge is -2.41. The van der Waals surface area contributed by atoms with Gasteiger partial charge in [-0.2, -0.15) is 0 Å². The molecule has 2 N–H and O–H groups in total. The number of aromatic nitrogens is 2. The summed E-state index contributed by atoms with van der Waals surface area (Å²) in [7, 11) is 0. The average molecular weight is 458 g/mol. The van der Waals surface area contributed by atoms with Gasteiger partial charge >= 0.3 is 0 Å². The maximum atomic E-state index is 11.4. The molecule has 0 amide bonds. The van der Waals surface area contributed by atoms with Crippen LogP contribution in [-0.4, -0.2) is 65.0 Å². The molecule has 174 valence electrons. The number of fused-ring (bicyclic) bond motifs is 1. The van der Waals surface area contributed by atoms with Crippen LogP contribution in [0.2, 0.25) is 5.02 Å². The first-order valence-corrected chi connectivity index (χ1v) is 12.3. The van der Waals surface area contributed by atoms with Gasteiger partial charge in [0.1, 0.15) is 18.4 Å². The standard InChI is InChI=1S/C25H36ClN5O/c1-17(2)27-11-10-21(19-5-7-20(26)8-6-19)25(32)31-14-12-30(13-15-31)24-23-18(3)4-9-22(23)28-16-29-24/h5-8,16-18,21,25,27,32H,4,9-15H2,1-3H3/t18-,21-,25?/m1/s1. The van der Waals surface area contributed by atoms with Crippen molar-refractivity contribution in [2.75, 3.05) is 37.6 Å². The molecule has 6 nitrogen and oxygen atoms in total. The second-order valence-corrected chi connectivity index (χ2v) is 9.93. The van der Waals surface area contributed by atoms with Gasteiger partial charge in [-0.05, 0) is 49.4 Å². The van der Waals surface area contributed by atoms with Crippen LogP contribution in [0.3, 0.4) is 0 Å². The van der Waals surface area contributed by atoms with E-state index in [0.717, 1.165) is 68.4 Å². The van der Waals surface area contributed by atoms with Gasteiger partial charge in [0.05, 0.1) is 0 Å². The number of hydrogen-bond acceptors (Lipinski definition) is 6. The Hall–Kier alpha value is -1.73. The van der Waals surface area contributed by atoms with Crippen LogP contribution in [0.5, 0.6) is 0 Å². The summed E-state index contributed by atoms with van der Waals surface area (Å²) in [5.74, 6) is 1.66. The summed E-state index contributed by atoms with van der Waals surface area (Å²) in [6, 6.07) is 8.36. The van der Waals surface area contributed by atoms with E-state index in [1.165, 1.54) is 11.3 Å². The first kappa shape index (κ1) is 23.4. The highest BCUT2D eigenvalue weighted by Gasteiger charge is 2.32. The first-order valence-electron chi connectivity index (χ1n) is 11.9. The third kappa shape index (κ3) is 5.25. The van der Waals surface area contributed by atoms with Crippen LogP contribution in [0.25, 0.3) is 0 Å².